The van der Waals surface area contributed by atoms with Gasteiger partial charge in [-0.3, -0.25) is 0 Å². The predicted molar refractivity (Wildman–Crippen MR) is 296 cm³/mol. The van der Waals surface area contributed by atoms with Crippen LogP contribution in [0.2, 0.25) is 0 Å². The fourth-order valence-corrected chi connectivity index (χ4v) is 14.4. The highest BCUT2D eigenvalue weighted by Gasteiger charge is 2.49. The van der Waals surface area contributed by atoms with Crippen LogP contribution < -0.4 is 20.4 Å². The molecule has 7 aromatic rings. The van der Waals surface area contributed by atoms with E-state index in [0.29, 0.717) is 5.92 Å². The zero-order chi connectivity index (χ0) is 47.3. The maximum Gasteiger partial charge on any atom is 0.0579 e. The van der Waals surface area contributed by atoms with Gasteiger partial charge in [-0.1, -0.05) is 162 Å². The van der Waals surface area contributed by atoms with Crippen LogP contribution in [0.25, 0.3) is 55.7 Å². The Morgan fingerprint density at radius 2 is 1.34 bits per heavy atom. The van der Waals surface area contributed by atoms with Crippen molar-refractivity contribution in [3.05, 3.63) is 214 Å². The summed E-state index contributed by atoms with van der Waals surface area (Å²) >= 11 is 0. The first kappa shape index (κ1) is 41.8. The van der Waals surface area contributed by atoms with Crippen molar-refractivity contribution >= 4 is 67.3 Å². The summed E-state index contributed by atoms with van der Waals surface area (Å²) in [4.78, 5) is 5.18. The molecule has 0 radical (unpaired) electrons. The quantitative estimate of drug-likeness (QED) is 0.158. The molecule has 0 saturated heterocycles. The number of para-hydroxylation sites is 2. The van der Waals surface area contributed by atoms with E-state index in [1.165, 1.54) is 99.7 Å². The van der Waals surface area contributed by atoms with E-state index in [1.807, 2.05) is 0 Å². The summed E-state index contributed by atoms with van der Waals surface area (Å²) in [5, 5.41) is 6.76. The Balaban J connectivity index is 1.00. The number of hydrogen-bond donors (Lipinski definition) is 0. The molecule has 6 aromatic carbocycles. The highest BCUT2D eigenvalue weighted by Crippen LogP contribution is 2.58. The number of nitrogens with zero attached hydrogens (tertiary/aromatic N) is 3. The summed E-state index contributed by atoms with van der Waals surface area (Å²) in [5.74, 6) is 0.408. The molecule has 14 rings (SSSR count). The molecule has 0 spiro atoms. The number of anilines is 4. The van der Waals surface area contributed by atoms with Gasteiger partial charge in [0.2, 0.25) is 0 Å². The average molecular weight is 908 g/mol. The van der Waals surface area contributed by atoms with Crippen LogP contribution in [0.5, 0.6) is 0 Å². The van der Waals surface area contributed by atoms with Gasteiger partial charge in [-0.15, -0.1) is 0 Å². The molecule has 2 unspecified atom stereocenters. The zero-order valence-electron chi connectivity index (χ0n) is 41.5. The summed E-state index contributed by atoms with van der Waals surface area (Å²) in [6.45, 7) is 15.0. The van der Waals surface area contributed by atoms with Crippen molar-refractivity contribution in [2.24, 2.45) is 11.3 Å². The van der Waals surface area contributed by atoms with E-state index in [1.54, 1.807) is 11.1 Å². The molecule has 0 saturated carbocycles. The van der Waals surface area contributed by atoms with E-state index in [4.69, 9.17) is 0 Å². The Labute approximate surface area is 413 Å². The second-order valence-corrected chi connectivity index (χ2v) is 22.6. The topological polar surface area (TPSA) is 11.4 Å². The molecule has 3 nitrogen and oxygen atoms in total. The number of rotatable bonds is 7. The molecule has 3 heteroatoms. The highest BCUT2D eigenvalue weighted by molar-refractivity contribution is 6.08. The fourth-order valence-electron chi connectivity index (χ4n) is 14.4. The minimum atomic E-state index is -0.191. The third-order valence-corrected chi connectivity index (χ3v) is 17.9. The first-order valence-electron chi connectivity index (χ1n) is 26.0. The minimum Gasteiger partial charge on any atom is -0.338 e. The van der Waals surface area contributed by atoms with Crippen molar-refractivity contribution < 1.29 is 0 Å². The monoisotopic (exact) mass is 907 g/mol. The smallest absolute Gasteiger partial charge is 0.0579 e. The van der Waals surface area contributed by atoms with Crippen molar-refractivity contribution in [1.29, 1.82) is 0 Å². The second-order valence-electron chi connectivity index (χ2n) is 22.6. The van der Waals surface area contributed by atoms with Crippen molar-refractivity contribution in [2.45, 2.75) is 96.9 Å². The average Bonchev–Trinajstić information content (AvgIpc) is 3.84. The van der Waals surface area contributed by atoms with Crippen LogP contribution >= 0.6 is 0 Å². The number of allylic oxidation sites excluding steroid dienone is 12. The summed E-state index contributed by atoms with van der Waals surface area (Å²) in [7, 11) is 0. The molecule has 5 aliphatic carbocycles. The number of aromatic nitrogens is 1. The van der Waals surface area contributed by atoms with Gasteiger partial charge in [-0.25, -0.2) is 0 Å². The van der Waals surface area contributed by atoms with E-state index >= 15 is 0 Å². The van der Waals surface area contributed by atoms with E-state index in [2.05, 4.69) is 232 Å². The summed E-state index contributed by atoms with van der Waals surface area (Å²) < 4.78 is 2.78. The van der Waals surface area contributed by atoms with Crippen molar-refractivity contribution in [3.63, 3.8) is 0 Å². The Morgan fingerprint density at radius 3 is 2.13 bits per heavy atom. The molecule has 70 heavy (non-hydrogen) atoms. The van der Waals surface area contributed by atoms with Gasteiger partial charge in [0.05, 0.1) is 22.6 Å². The number of hydrogen-bond acceptors (Lipinski definition) is 2. The maximum atomic E-state index is 2.78. The molecule has 3 heterocycles. The molecule has 344 valence electrons. The third-order valence-electron chi connectivity index (χ3n) is 17.9. The molecule has 0 N–H and O–H groups in total. The van der Waals surface area contributed by atoms with E-state index in [9.17, 15) is 0 Å². The standard InChI is InChI=1S/C67H61N3/c1-65(2)55-30-19-18-28-50(55)51-34-33-46(40-58(51)65)69(45-25-14-9-15-26-45)61-36-35-48(49-27-16-17-29-52(49)61)42-37-53-54-39-47(68(43-21-10-7-11-22-43)44-23-12-8-13-24-44)41-60-63(54)70-62(53)59(38-42)66(3,4)56-31-20-32-57(64(56)70)67(60,5)6/h7-12,14-18,20-23,25-29,31,33-40,47,57H,13,19,24,30,32,41H2,1-6H3. The molecular weight excluding hydrogens is 847 g/mol. The van der Waals surface area contributed by atoms with E-state index in [0.717, 1.165) is 44.2 Å². The Morgan fingerprint density at radius 1 is 0.600 bits per heavy atom. The molecule has 0 bridgehead atoms. The van der Waals surface area contributed by atoms with Crippen LogP contribution in [-0.2, 0) is 10.8 Å². The first-order chi connectivity index (χ1) is 34.0. The maximum absolute atomic E-state index is 2.78. The highest BCUT2D eigenvalue weighted by atomic mass is 15.2. The number of fused-ring (bicyclic) bond motifs is 4. The van der Waals surface area contributed by atoms with Gasteiger partial charge in [0, 0.05) is 61.2 Å². The van der Waals surface area contributed by atoms with Gasteiger partial charge >= 0.3 is 0 Å². The van der Waals surface area contributed by atoms with Crippen molar-refractivity contribution in [3.8, 4) is 11.1 Å². The Bertz CT molecular complexity index is 3750. The molecule has 2 aliphatic heterocycles. The summed E-state index contributed by atoms with van der Waals surface area (Å²) in [6, 6.07) is 48.8. The fraction of sp³-hybridized carbons (Fsp3) is 0.254. The van der Waals surface area contributed by atoms with Gasteiger partial charge < -0.3 is 14.4 Å². The van der Waals surface area contributed by atoms with Crippen LogP contribution in [0.15, 0.2) is 187 Å². The lowest BCUT2D eigenvalue weighted by Gasteiger charge is -2.50. The van der Waals surface area contributed by atoms with Crippen molar-refractivity contribution in [1.82, 2.24) is 4.57 Å². The van der Waals surface area contributed by atoms with Crippen LogP contribution in [0.1, 0.15) is 96.8 Å². The second kappa shape index (κ2) is 15.0. The lowest BCUT2D eigenvalue weighted by Crippen LogP contribution is -2.52. The van der Waals surface area contributed by atoms with Crippen LogP contribution in [-0.4, -0.2) is 10.6 Å². The Hall–Kier alpha value is -7.10. The summed E-state index contributed by atoms with van der Waals surface area (Å²) in [6.07, 6.45) is 25.8. The largest absolute Gasteiger partial charge is 0.338 e. The van der Waals surface area contributed by atoms with Gasteiger partial charge in [0.15, 0.2) is 0 Å². The summed E-state index contributed by atoms with van der Waals surface area (Å²) in [5.41, 5.74) is 21.8. The van der Waals surface area contributed by atoms with Gasteiger partial charge in [-0.05, 0) is 155 Å². The van der Waals surface area contributed by atoms with E-state index in [-0.39, 0.29) is 22.3 Å². The van der Waals surface area contributed by atoms with Gasteiger partial charge in [0.25, 0.3) is 0 Å². The van der Waals surface area contributed by atoms with Crippen LogP contribution in [0, 0.1) is 11.3 Å². The van der Waals surface area contributed by atoms with Crippen LogP contribution in [0.3, 0.4) is 0 Å². The lowest BCUT2D eigenvalue weighted by molar-refractivity contribution is 0.331. The molecule has 0 fully saturated rings. The minimum absolute atomic E-state index is 0.0191. The lowest BCUT2D eigenvalue weighted by atomic mass is 9.61. The van der Waals surface area contributed by atoms with Gasteiger partial charge in [0.1, 0.15) is 0 Å². The van der Waals surface area contributed by atoms with E-state index < -0.39 is 0 Å². The third kappa shape index (κ3) is 5.75. The molecule has 1 aromatic heterocycles. The first-order valence-corrected chi connectivity index (χ1v) is 26.0. The SMILES string of the molecule is CC1(C)C2=C(C=CCC2)c2ccc(N(c3ccccc3)c3ccc(-c4cc5c6c(c4)c4c7n6C6=C(C=CCC6C(C)(C)C=7CC(N(C6=CC=CCC6)c6ccccc6)C=4)C5(C)C)c4ccccc34)cc21. The molecule has 7 aliphatic rings. The zero-order valence-corrected chi connectivity index (χ0v) is 41.5. The molecule has 0 amide bonds. The molecule has 2 atom stereocenters. The Kier molecular flexibility index (Phi) is 8.94. The number of benzene rings is 6. The predicted octanol–water partition coefficient (Wildman–Crippen LogP) is 15.9. The molecular formula is C67H61N3. The van der Waals surface area contributed by atoms with Crippen LogP contribution in [0.4, 0.5) is 22.7 Å². The van der Waals surface area contributed by atoms with Crippen molar-refractivity contribution in [2.75, 3.05) is 9.80 Å². The normalized spacial score (nSPS) is 21.5. The van der Waals surface area contributed by atoms with Gasteiger partial charge in [-0.2, -0.15) is 0 Å².